The average molecular weight is 302 g/mol. The van der Waals surface area contributed by atoms with Gasteiger partial charge >= 0.3 is 0 Å². The minimum absolute atomic E-state index is 0.0581. The number of primary sulfonamides is 1. The maximum absolute atomic E-state index is 12.1. The molecule has 6 heteroatoms. The van der Waals surface area contributed by atoms with E-state index in [-0.39, 0.29) is 4.90 Å². The first-order valence-corrected chi connectivity index (χ1v) is 7.92. The second-order valence-electron chi connectivity index (χ2n) is 4.57. The Morgan fingerprint density at radius 1 is 1.05 bits per heavy atom. The van der Waals surface area contributed by atoms with E-state index in [4.69, 9.17) is 9.98 Å². The zero-order chi connectivity index (χ0) is 14.9. The molecule has 0 fully saturated rings. The highest BCUT2D eigenvalue weighted by molar-refractivity contribution is 7.89. The Balaban J connectivity index is 2.26. The molecular weight excluding hydrogens is 288 g/mol. The van der Waals surface area contributed by atoms with E-state index in [2.05, 4.69) is 0 Å². The van der Waals surface area contributed by atoms with Gasteiger partial charge in [-0.3, -0.25) is 4.84 Å². The van der Waals surface area contributed by atoms with Gasteiger partial charge in [-0.1, -0.05) is 42.5 Å². The fourth-order valence-electron chi connectivity index (χ4n) is 2.30. The second-order valence-corrected chi connectivity index (χ2v) is 6.07. The summed E-state index contributed by atoms with van der Waals surface area (Å²) in [5, 5.41) is 6.85. The van der Waals surface area contributed by atoms with E-state index in [0.29, 0.717) is 17.9 Å². The Morgan fingerprint density at radius 3 is 2.43 bits per heavy atom. The molecule has 2 aromatic rings. The van der Waals surface area contributed by atoms with Crippen LogP contribution in [0.2, 0.25) is 0 Å². The largest absolute Gasteiger partial charge is 0.265 e. The van der Waals surface area contributed by atoms with Gasteiger partial charge in [0.2, 0.25) is 10.0 Å². The summed E-state index contributed by atoms with van der Waals surface area (Å²) in [4.78, 5) is 5.43. The number of rotatable bonds is 3. The normalized spacial score (nSPS) is 14.6. The number of nitrogens with zero attached hydrogens (tertiary/aromatic N) is 1. The number of sulfonamides is 1. The topological polar surface area (TPSA) is 72.6 Å². The van der Waals surface area contributed by atoms with Gasteiger partial charge in [-0.25, -0.2) is 18.6 Å². The fourth-order valence-corrected chi connectivity index (χ4v) is 3.24. The molecular formula is C15H14N2O3S. The van der Waals surface area contributed by atoms with Gasteiger partial charge in [0.05, 0.1) is 12.3 Å². The first kappa shape index (κ1) is 13.8. The van der Waals surface area contributed by atoms with Crippen molar-refractivity contribution in [2.45, 2.75) is 4.90 Å². The van der Waals surface area contributed by atoms with Crippen molar-refractivity contribution in [3.8, 4) is 11.1 Å². The Morgan fingerprint density at radius 2 is 1.81 bits per heavy atom. The van der Waals surface area contributed by atoms with Crippen molar-refractivity contribution in [3.05, 3.63) is 60.8 Å². The number of anilines is 1. The Kier molecular flexibility index (Phi) is 3.50. The first-order chi connectivity index (χ1) is 10.1. The molecule has 0 unspecified atom stereocenters. The Bertz CT molecular complexity index is 786. The van der Waals surface area contributed by atoms with Crippen LogP contribution in [0.4, 0.5) is 5.69 Å². The summed E-state index contributed by atoms with van der Waals surface area (Å²) in [5.74, 6) is 0. The molecule has 0 atom stereocenters. The standard InChI is InChI=1S/C15H14N2O3S/c16-21(18,19)15-13(12-6-2-1-3-7-12)8-4-9-14(15)17-10-5-11-20-17/h1-10H,11H2,(H2,16,18,19). The summed E-state index contributed by atoms with van der Waals surface area (Å²) >= 11 is 0. The molecule has 2 aromatic carbocycles. The van der Waals surface area contributed by atoms with Gasteiger partial charge in [-0.05, 0) is 17.7 Å². The van der Waals surface area contributed by atoms with Gasteiger partial charge < -0.3 is 0 Å². The monoisotopic (exact) mass is 302 g/mol. The molecule has 0 aliphatic carbocycles. The molecule has 0 saturated heterocycles. The molecule has 3 rings (SSSR count). The summed E-state index contributed by atoms with van der Waals surface area (Å²) in [5.41, 5.74) is 1.75. The smallest absolute Gasteiger partial charge is 0.240 e. The molecule has 1 aliphatic heterocycles. The van der Waals surface area contributed by atoms with Crippen molar-refractivity contribution in [1.29, 1.82) is 0 Å². The Hall–Kier alpha value is -2.15. The van der Waals surface area contributed by atoms with E-state index >= 15 is 0 Å². The fraction of sp³-hybridized carbons (Fsp3) is 0.0667. The number of benzene rings is 2. The molecule has 0 amide bonds. The molecule has 108 valence electrons. The molecule has 0 aromatic heterocycles. The lowest BCUT2D eigenvalue weighted by Gasteiger charge is -2.20. The second kappa shape index (κ2) is 5.33. The lowest BCUT2D eigenvalue weighted by Crippen LogP contribution is -2.20. The highest BCUT2D eigenvalue weighted by Gasteiger charge is 2.24. The van der Waals surface area contributed by atoms with Gasteiger partial charge in [-0.2, -0.15) is 0 Å². The maximum Gasteiger partial charge on any atom is 0.240 e. The van der Waals surface area contributed by atoms with E-state index in [9.17, 15) is 8.42 Å². The molecule has 2 N–H and O–H groups in total. The Labute approximate surface area is 123 Å². The van der Waals surface area contributed by atoms with Gasteiger partial charge in [0.15, 0.2) is 0 Å². The predicted molar refractivity (Wildman–Crippen MR) is 80.8 cm³/mol. The van der Waals surface area contributed by atoms with Crippen molar-refractivity contribution in [3.63, 3.8) is 0 Å². The predicted octanol–water partition coefficient (Wildman–Crippen LogP) is 2.27. The first-order valence-electron chi connectivity index (χ1n) is 6.37. The van der Waals surface area contributed by atoms with Crippen molar-refractivity contribution in [2.24, 2.45) is 5.14 Å². The summed E-state index contributed by atoms with van der Waals surface area (Å²) in [6.45, 7) is 0.402. The zero-order valence-corrected chi connectivity index (χ0v) is 12.0. The number of nitrogens with two attached hydrogens (primary N) is 1. The number of hydrogen-bond acceptors (Lipinski definition) is 4. The van der Waals surface area contributed by atoms with Crippen LogP contribution in [0.5, 0.6) is 0 Å². The summed E-state index contributed by atoms with van der Waals surface area (Å²) in [6, 6.07) is 14.4. The van der Waals surface area contributed by atoms with Crippen LogP contribution in [0.15, 0.2) is 65.7 Å². The molecule has 0 radical (unpaired) electrons. The third-order valence-electron chi connectivity index (χ3n) is 3.15. The summed E-state index contributed by atoms with van der Waals surface area (Å²) < 4.78 is 24.2. The quantitative estimate of drug-likeness (QED) is 0.944. The van der Waals surface area contributed by atoms with Crippen LogP contribution in [0.25, 0.3) is 11.1 Å². The minimum atomic E-state index is -3.91. The highest BCUT2D eigenvalue weighted by Crippen LogP contribution is 2.35. The van der Waals surface area contributed by atoms with Crippen LogP contribution >= 0.6 is 0 Å². The van der Waals surface area contributed by atoms with Crippen molar-refractivity contribution < 1.29 is 13.3 Å². The molecule has 0 bridgehead atoms. The van der Waals surface area contributed by atoms with Gasteiger partial charge in [-0.15, -0.1) is 0 Å². The molecule has 5 nitrogen and oxygen atoms in total. The molecule has 0 spiro atoms. The lowest BCUT2D eigenvalue weighted by atomic mass is 10.1. The van der Waals surface area contributed by atoms with E-state index in [1.165, 1.54) is 5.06 Å². The van der Waals surface area contributed by atoms with Crippen LogP contribution < -0.4 is 10.2 Å². The molecule has 0 saturated carbocycles. The third-order valence-corrected chi connectivity index (χ3v) is 4.15. The highest BCUT2D eigenvalue weighted by atomic mass is 32.2. The molecule has 21 heavy (non-hydrogen) atoms. The number of hydroxylamine groups is 1. The number of hydrogen-bond donors (Lipinski definition) is 1. The SMILES string of the molecule is NS(=O)(=O)c1c(-c2ccccc2)cccc1N1C=CCO1. The van der Waals surface area contributed by atoms with E-state index < -0.39 is 10.0 Å². The van der Waals surface area contributed by atoms with Crippen LogP contribution in [0.3, 0.4) is 0 Å². The third kappa shape index (κ3) is 2.69. The van der Waals surface area contributed by atoms with Crippen LogP contribution in [-0.2, 0) is 14.9 Å². The van der Waals surface area contributed by atoms with Gasteiger partial charge in [0.25, 0.3) is 0 Å². The maximum atomic E-state index is 12.1. The average Bonchev–Trinajstić information content (AvgIpc) is 3.00. The van der Waals surface area contributed by atoms with E-state index in [0.717, 1.165) is 5.56 Å². The molecule has 1 aliphatic rings. The minimum Gasteiger partial charge on any atom is -0.265 e. The zero-order valence-electron chi connectivity index (χ0n) is 11.1. The van der Waals surface area contributed by atoms with Gasteiger partial charge in [0.1, 0.15) is 4.90 Å². The summed E-state index contributed by atoms with van der Waals surface area (Å²) in [7, 11) is -3.91. The molecule has 1 heterocycles. The van der Waals surface area contributed by atoms with Crippen molar-refractivity contribution >= 4 is 15.7 Å². The van der Waals surface area contributed by atoms with Crippen molar-refractivity contribution in [1.82, 2.24) is 0 Å². The van der Waals surface area contributed by atoms with Gasteiger partial charge in [0, 0.05) is 11.8 Å². The van der Waals surface area contributed by atoms with Crippen LogP contribution in [0, 0.1) is 0 Å². The van der Waals surface area contributed by atoms with E-state index in [1.54, 1.807) is 30.5 Å². The lowest BCUT2D eigenvalue weighted by molar-refractivity contribution is 0.178. The van der Waals surface area contributed by atoms with E-state index in [1.807, 2.05) is 30.3 Å². The summed E-state index contributed by atoms with van der Waals surface area (Å²) in [6.07, 6.45) is 3.47. The van der Waals surface area contributed by atoms with Crippen molar-refractivity contribution in [2.75, 3.05) is 11.7 Å². The van der Waals surface area contributed by atoms with Crippen LogP contribution in [-0.4, -0.2) is 15.0 Å². The van der Waals surface area contributed by atoms with Crippen LogP contribution in [0.1, 0.15) is 0 Å².